The fourth-order valence-corrected chi connectivity index (χ4v) is 0.537. The van der Waals surface area contributed by atoms with Crippen LogP contribution >= 0.6 is 0 Å². The second kappa shape index (κ2) is 42.7. The van der Waals surface area contributed by atoms with E-state index in [2.05, 4.69) is 69.2 Å². The molecule has 0 heterocycles. The van der Waals surface area contributed by atoms with Crippen LogP contribution in [0.2, 0.25) is 0 Å². The van der Waals surface area contributed by atoms with Gasteiger partial charge in [-0.2, -0.15) is 0 Å². The molecule has 0 aromatic carbocycles. The molecule has 0 amide bonds. The summed E-state index contributed by atoms with van der Waals surface area (Å²) in [5.74, 6) is 1.51. The minimum Gasteiger partial charge on any atom is -0.385 e. The van der Waals surface area contributed by atoms with Crippen LogP contribution in [-0.4, -0.2) is 27.4 Å². The Hall–Kier alpha value is -0.0800. The van der Waals surface area contributed by atoms with E-state index in [0.717, 1.165) is 25.6 Å². The molecule has 0 aliphatic carbocycles. The first kappa shape index (κ1) is 32.8. The van der Waals surface area contributed by atoms with Gasteiger partial charge in [-0.3, -0.25) is 0 Å². The molecule has 0 radical (unpaired) electrons. The van der Waals surface area contributed by atoms with Crippen molar-refractivity contribution in [3.8, 4) is 0 Å². The smallest absolute Gasteiger partial charge is 0.0485 e. The molecule has 0 spiro atoms. The van der Waals surface area contributed by atoms with Gasteiger partial charge >= 0.3 is 0 Å². The lowest BCUT2D eigenvalue weighted by Crippen LogP contribution is -1.96. The van der Waals surface area contributed by atoms with Crippen LogP contribution in [-0.2, 0) is 9.47 Å². The Kier molecular flexibility index (Phi) is 66.6. The Labute approximate surface area is 138 Å². The predicted octanol–water partition coefficient (Wildman–Crippen LogP) is 6.83. The molecule has 136 valence electrons. The van der Waals surface area contributed by atoms with E-state index in [1.807, 2.05) is 0 Å². The van der Waals surface area contributed by atoms with Crippen molar-refractivity contribution in [1.29, 1.82) is 0 Å². The number of hydrogen-bond donors (Lipinski definition) is 0. The molecule has 0 bridgehead atoms. The Balaban J connectivity index is -0.0000000524. The summed E-state index contributed by atoms with van der Waals surface area (Å²) in [6.45, 7) is 23.1. The molecular formula is C19H48O2. The molecule has 0 unspecified atom stereocenters. The minimum absolute atomic E-state index is 0.676. The van der Waals surface area contributed by atoms with Crippen molar-refractivity contribution < 1.29 is 9.47 Å². The van der Waals surface area contributed by atoms with Crippen LogP contribution in [0.3, 0.4) is 0 Å². The van der Waals surface area contributed by atoms with E-state index >= 15 is 0 Å². The van der Waals surface area contributed by atoms with Crippen molar-refractivity contribution >= 4 is 0 Å². The molecular weight excluding hydrogens is 260 g/mol. The quantitative estimate of drug-likeness (QED) is 0.567. The lowest BCUT2D eigenvalue weighted by atomic mass is 10.2. The van der Waals surface area contributed by atoms with Gasteiger partial charge in [-0.15, -0.1) is 0 Å². The summed E-state index contributed by atoms with van der Waals surface area (Å²) in [5, 5.41) is 0. The summed E-state index contributed by atoms with van der Waals surface area (Å²) in [5.41, 5.74) is 0. The molecule has 0 fully saturated rings. The average molecular weight is 309 g/mol. The highest BCUT2D eigenvalue weighted by atomic mass is 16.5. The molecule has 21 heavy (non-hydrogen) atoms. The van der Waals surface area contributed by atoms with E-state index < -0.39 is 0 Å². The summed E-state index contributed by atoms with van der Waals surface area (Å²) in [4.78, 5) is 0. The molecule has 0 aliphatic heterocycles. The predicted molar refractivity (Wildman–Crippen MR) is 101 cm³/mol. The van der Waals surface area contributed by atoms with E-state index in [9.17, 15) is 0 Å². The first-order valence-corrected chi connectivity index (χ1v) is 8.72. The van der Waals surface area contributed by atoms with Crippen LogP contribution in [0.5, 0.6) is 0 Å². The summed E-state index contributed by atoms with van der Waals surface area (Å²) in [6, 6.07) is 0. The van der Waals surface area contributed by atoms with Crippen LogP contribution in [0.4, 0.5) is 0 Å². The van der Waals surface area contributed by atoms with Crippen LogP contribution in [0.25, 0.3) is 0 Å². The Bertz CT molecular complexity index is 95.0. The van der Waals surface area contributed by atoms with Gasteiger partial charge in [0.25, 0.3) is 0 Å². The topological polar surface area (TPSA) is 18.5 Å². The van der Waals surface area contributed by atoms with Gasteiger partial charge in [-0.05, 0) is 18.3 Å². The first-order chi connectivity index (χ1) is 9.74. The zero-order valence-electron chi connectivity index (χ0n) is 17.5. The minimum atomic E-state index is 0.676. The van der Waals surface area contributed by atoms with E-state index in [0.29, 0.717) is 5.92 Å². The second-order valence-corrected chi connectivity index (χ2v) is 5.99. The number of ether oxygens (including phenoxy) is 2. The maximum atomic E-state index is 4.80. The molecule has 0 aliphatic rings. The molecule has 0 N–H and O–H groups in total. The first-order valence-electron chi connectivity index (χ1n) is 8.72. The largest absolute Gasteiger partial charge is 0.385 e. The van der Waals surface area contributed by atoms with E-state index in [1.165, 1.54) is 12.8 Å². The molecule has 2 nitrogen and oxygen atoms in total. The zero-order chi connectivity index (χ0) is 18.1. The third kappa shape index (κ3) is 264. The number of hydrogen-bond acceptors (Lipinski definition) is 2. The summed E-state index contributed by atoms with van der Waals surface area (Å²) >= 11 is 0. The highest BCUT2D eigenvalue weighted by Crippen LogP contribution is 1.88. The van der Waals surface area contributed by atoms with Crippen LogP contribution in [0.1, 0.15) is 88.5 Å². The molecule has 0 aromatic rings. The average Bonchev–Trinajstić information content (AvgIpc) is 2.31. The summed E-state index contributed by atoms with van der Waals surface area (Å²) in [6.07, 6.45) is 3.62. The SMILES string of the molecule is CC(C)C.CCC.CCC.CCCOC.COCC(C)C. The fourth-order valence-electron chi connectivity index (χ4n) is 0.537. The van der Waals surface area contributed by atoms with Gasteiger partial charge in [0.05, 0.1) is 0 Å². The lowest BCUT2D eigenvalue weighted by Gasteiger charge is -1.97. The van der Waals surface area contributed by atoms with Crippen LogP contribution in [0, 0.1) is 11.8 Å². The van der Waals surface area contributed by atoms with Gasteiger partial charge < -0.3 is 9.47 Å². The Morgan fingerprint density at radius 3 is 0.952 bits per heavy atom. The highest BCUT2D eigenvalue weighted by Gasteiger charge is 1.85. The van der Waals surface area contributed by atoms with Gasteiger partial charge in [0.15, 0.2) is 0 Å². The van der Waals surface area contributed by atoms with Crippen molar-refractivity contribution in [2.24, 2.45) is 11.8 Å². The van der Waals surface area contributed by atoms with Gasteiger partial charge in [-0.25, -0.2) is 0 Å². The lowest BCUT2D eigenvalue weighted by molar-refractivity contribution is 0.167. The summed E-state index contributed by atoms with van der Waals surface area (Å²) in [7, 11) is 3.43. The van der Waals surface area contributed by atoms with E-state index in [-0.39, 0.29) is 0 Å². The van der Waals surface area contributed by atoms with E-state index in [1.54, 1.807) is 14.2 Å². The highest BCUT2D eigenvalue weighted by molar-refractivity contribution is 4.35. The number of methoxy groups -OCH3 is 2. The molecule has 0 aromatic heterocycles. The van der Waals surface area contributed by atoms with E-state index in [4.69, 9.17) is 9.47 Å². The van der Waals surface area contributed by atoms with Gasteiger partial charge in [0, 0.05) is 27.4 Å². The van der Waals surface area contributed by atoms with Crippen LogP contribution < -0.4 is 0 Å². The molecule has 0 atom stereocenters. The summed E-state index contributed by atoms with van der Waals surface area (Å²) < 4.78 is 9.49. The molecule has 0 rings (SSSR count). The van der Waals surface area contributed by atoms with Crippen molar-refractivity contribution in [2.75, 3.05) is 27.4 Å². The maximum absolute atomic E-state index is 4.80. The van der Waals surface area contributed by atoms with Gasteiger partial charge in [0.2, 0.25) is 0 Å². The molecule has 0 saturated carbocycles. The van der Waals surface area contributed by atoms with Crippen molar-refractivity contribution in [3.05, 3.63) is 0 Å². The zero-order valence-corrected chi connectivity index (χ0v) is 17.5. The van der Waals surface area contributed by atoms with Crippen molar-refractivity contribution in [3.63, 3.8) is 0 Å². The third-order valence-electron chi connectivity index (χ3n) is 0.908. The normalized spacial score (nSPS) is 8.29. The van der Waals surface area contributed by atoms with Crippen molar-refractivity contribution in [2.45, 2.75) is 88.5 Å². The maximum Gasteiger partial charge on any atom is 0.0485 e. The monoisotopic (exact) mass is 308 g/mol. The molecule has 2 heteroatoms. The molecule has 0 saturated heterocycles. The van der Waals surface area contributed by atoms with Crippen LogP contribution in [0.15, 0.2) is 0 Å². The number of rotatable bonds is 4. The van der Waals surface area contributed by atoms with Gasteiger partial charge in [0.1, 0.15) is 0 Å². The standard InChI is InChI=1S/C5H12O.C4H10O.C4H10.2C3H8/c1-5(2)4-6-3;1-3-4-5-2;1-4(2)3;2*1-3-2/h5H,4H2,1-3H3;3-4H2,1-2H3;4H,1-3H3;2*3H2,1-2H3. The Morgan fingerprint density at radius 1 is 0.667 bits per heavy atom. The third-order valence-corrected chi connectivity index (χ3v) is 0.908. The van der Waals surface area contributed by atoms with Gasteiger partial charge in [-0.1, -0.05) is 82.1 Å². The van der Waals surface area contributed by atoms with Crippen molar-refractivity contribution in [1.82, 2.24) is 0 Å². The second-order valence-electron chi connectivity index (χ2n) is 5.99. The Morgan fingerprint density at radius 2 is 0.952 bits per heavy atom. The fraction of sp³-hybridized carbons (Fsp3) is 1.00.